The summed E-state index contributed by atoms with van der Waals surface area (Å²) in [5, 5.41) is 11.5. The molecule has 1 atom stereocenters. The average Bonchev–Trinajstić information content (AvgIpc) is 2.77. The molecule has 0 N–H and O–H groups in total. The molecule has 140 valence electrons. The Balaban J connectivity index is 2.07. The Morgan fingerprint density at radius 2 is 1.96 bits per heavy atom. The van der Waals surface area contributed by atoms with Crippen molar-refractivity contribution in [1.82, 2.24) is 4.90 Å². The molecule has 5 nitrogen and oxygen atoms in total. The maximum atomic E-state index is 12.6. The Bertz CT molecular complexity index is 592. The highest BCUT2D eigenvalue weighted by Crippen LogP contribution is 2.40. The van der Waals surface area contributed by atoms with Gasteiger partial charge < -0.3 is 14.8 Å². The van der Waals surface area contributed by atoms with Gasteiger partial charge in [-0.2, -0.15) is 0 Å². The van der Waals surface area contributed by atoms with Gasteiger partial charge in [0.2, 0.25) is 5.91 Å². The third kappa shape index (κ3) is 4.32. The lowest BCUT2D eigenvalue weighted by Crippen LogP contribution is -2.60. The van der Waals surface area contributed by atoms with Gasteiger partial charge in [-0.05, 0) is 44.1 Å². The minimum Gasteiger partial charge on any atom is -0.498 e. The second-order valence-corrected chi connectivity index (χ2v) is 8.12. The summed E-state index contributed by atoms with van der Waals surface area (Å²) in [6.07, 6.45) is 6.77. The van der Waals surface area contributed by atoms with E-state index in [4.69, 9.17) is 0 Å². The van der Waals surface area contributed by atoms with Crippen molar-refractivity contribution >= 4 is 12.0 Å². The largest absolute Gasteiger partial charge is 0.498 e. The number of rotatable bonds is 3. The van der Waals surface area contributed by atoms with E-state index in [9.17, 15) is 14.7 Å². The van der Waals surface area contributed by atoms with Gasteiger partial charge in [0.25, 0.3) is 6.09 Å². The normalized spacial score (nSPS) is 27.4. The van der Waals surface area contributed by atoms with Crippen molar-refractivity contribution in [1.29, 1.82) is 0 Å². The van der Waals surface area contributed by atoms with E-state index in [0.717, 1.165) is 12.8 Å². The number of allylic oxidation sites excluding steroid dienone is 3. The van der Waals surface area contributed by atoms with Crippen LogP contribution in [0.1, 0.15) is 53.4 Å². The summed E-state index contributed by atoms with van der Waals surface area (Å²) in [6.45, 7) is 11.0. The Kier molecular flexibility index (Phi) is 6.09. The fourth-order valence-corrected chi connectivity index (χ4v) is 4.22. The highest BCUT2D eigenvalue weighted by molar-refractivity contribution is 5.88. The van der Waals surface area contributed by atoms with Crippen LogP contribution in [0.4, 0.5) is 4.79 Å². The molecule has 0 aromatic carbocycles. The first kappa shape index (κ1) is 19.7. The van der Waals surface area contributed by atoms with E-state index in [1.165, 1.54) is 17.6 Å². The van der Waals surface area contributed by atoms with Crippen LogP contribution in [-0.2, 0) is 4.79 Å². The quantitative estimate of drug-likeness (QED) is 0.581. The number of carbonyl (C=O) groups excluding carboxylic acids is 2. The second-order valence-electron chi connectivity index (χ2n) is 8.12. The SMILES string of the molecule is CC[N+]1(C(=O)[O-])CCCN(C(=O)C=CC2=C(C)CCCC2(C)C)CC1. The van der Waals surface area contributed by atoms with Gasteiger partial charge in [0.1, 0.15) is 6.54 Å². The fourth-order valence-electron chi connectivity index (χ4n) is 4.22. The van der Waals surface area contributed by atoms with E-state index >= 15 is 0 Å². The topological polar surface area (TPSA) is 60.4 Å². The molecule has 1 heterocycles. The van der Waals surface area contributed by atoms with Gasteiger partial charge in [-0.25, -0.2) is 0 Å². The molecular weight excluding hydrogens is 316 g/mol. The van der Waals surface area contributed by atoms with E-state index < -0.39 is 6.09 Å². The lowest BCUT2D eigenvalue weighted by molar-refractivity contribution is -0.872. The van der Waals surface area contributed by atoms with Crippen LogP contribution in [0.25, 0.3) is 0 Å². The van der Waals surface area contributed by atoms with Gasteiger partial charge >= 0.3 is 0 Å². The predicted octanol–water partition coefficient (Wildman–Crippen LogP) is 2.48. The lowest BCUT2D eigenvalue weighted by atomic mass is 9.72. The van der Waals surface area contributed by atoms with E-state index in [1.807, 2.05) is 13.0 Å². The zero-order valence-electron chi connectivity index (χ0n) is 16.1. The number of amides is 2. The third-order valence-corrected chi connectivity index (χ3v) is 6.05. The lowest BCUT2D eigenvalue weighted by Gasteiger charge is -2.35. The maximum Gasteiger partial charge on any atom is 0.257 e. The van der Waals surface area contributed by atoms with Crippen molar-refractivity contribution in [3.63, 3.8) is 0 Å². The van der Waals surface area contributed by atoms with Gasteiger partial charge in [0.05, 0.1) is 19.6 Å². The Labute approximate surface area is 151 Å². The monoisotopic (exact) mass is 348 g/mol. The van der Waals surface area contributed by atoms with Crippen molar-refractivity contribution in [2.75, 3.05) is 32.7 Å². The van der Waals surface area contributed by atoms with Crippen molar-refractivity contribution in [3.8, 4) is 0 Å². The minimum atomic E-state index is -1.03. The average molecular weight is 348 g/mol. The maximum absolute atomic E-state index is 12.6. The van der Waals surface area contributed by atoms with Crippen molar-refractivity contribution in [2.24, 2.45) is 5.41 Å². The first-order valence-corrected chi connectivity index (χ1v) is 9.47. The molecule has 1 aliphatic heterocycles. The molecule has 0 aromatic heterocycles. The molecule has 25 heavy (non-hydrogen) atoms. The molecule has 0 aromatic rings. The summed E-state index contributed by atoms with van der Waals surface area (Å²) >= 11 is 0. The summed E-state index contributed by atoms with van der Waals surface area (Å²) in [5.74, 6) is -0.0175. The number of likely N-dealkylation sites (N-methyl/N-ethyl adjacent to an activating group) is 1. The van der Waals surface area contributed by atoms with Crippen LogP contribution in [0.2, 0.25) is 0 Å². The summed E-state index contributed by atoms with van der Waals surface area (Å²) in [4.78, 5) is 25.9. The van der Waals surface area contributed by atoms with E-state index in [-0.39, 0.29) is 15.8 Å². The van der Waals surface area contributed by atoms with Gasteiger partial charge in [0.15, 0.2) is 0 Å². The van der Waals surface area contributed by atoms with Gasteiger partial charge in [0, 0.05) is 19.0 Å². The van der Waals surface area contributed by atoms with Crippen molar-refractivity contribution in [3.05, 3.63) is 23.3 Å². The van der Waals surface area contributed by atoms with E-state index in [1.54, 1.807) is 11.0 Å². The van der Waals surface area contributed by atoms with Crippen molar-refractivity contribution in [2.45, 2.75) is 53.4 Å². The molecule has 0 radical (unpaired) electrons. The minimum absolute atomic E-state index is 0.0175. The highest BCUT2D eigenvalue weighted by Gasteiger charge is 2.32. The van der Waals surface area contributed by atoms with Crippen LogP contribution in [-0.4, -0.2) is 54.1 Å². The number of carbonyl (C=O) groups is 2. The van der Waals surface area contributed by atoms with Crippen LogP contribution >= 0.6 is 0 Å². The second kappa shape index (κ2) is 7.73. The molecule has 5 heteroatoms. The summed E-state index contributed by atoms with van der Waals surface area (Å²) in [7, 11) is 0. The molecule has 2 rings (SSSR count). The molecule has 1 fully saturated rings. The summed E-state index contributed by atoms with van der Waals surface area (Å²) in [6, 6.07) is 0. The number of hydrogen-bond acceptors (Lipinski definition) is 3. The molecule has 2 amide bonds. The zero-order valence-corrected chi connectivity index (χ0v) is 16.1. The smallest absolute Gasteiger partial charge is 0.257 e. The van der Waals surface area contributed by atoms with Crippen LogP contribution in [0.3, 0.4) is 0 Å². The predicted molar refractivity (Wildman–Crippen MR) is 96.6 cm³/mol. The molecule has 0 saturated carbocycles. The standard InChI is InChI=1S/C20H32N2O3/c1-5-22(19(24)25)14-7-12-21(13-15-22)18(23)10-9-17-16(2)8-6-11-20(17,3)4/h9-10H,5-8,11-15H2,1-4H3. The molecule has 1 aliphatic carbocycles. The van der Waals surface area contributed by atoms with Crippen LogP contribution in [0, 0.1) is 5.41 Å². The fraction of sp³-hybridized carbons (Fsp3) is 0.700. The third-order valence-electron chi connectivity index (χ3n) is 6.05. The van der Waals surface area contributed by atoms with E-state index in [2.05, 4.69) is 20.8 Å². The Morgan fingerprint density at radius 1 is 1.24 bits per heavy atom. The van der Waals surface area contributed by atoms with Gasteiger partial charge in [-0.15, -0.1) is 0 Å². The van der Waals surface area contributed by atoms with Crippen LogP contribution < -0.4 is 5.11 Å². The number of hydrogen-bond donors (Lipinski definition) is 0. The molecule has 2 aliphatic rings. The van der Waals surface area contributed by atoms with Crippen molar-refractivity contribution < 1.29 is 19.2 Å². The molecule has 0 bridgehead atoms. The molecule has 1 saturated heterocycles. The first-order valence-electron chi connectivity index (χ1n) is 9.47. The molecular formula is C20H32N2O3. The Hall–Kier alpha value is -1.62. The van der Waals surface area contributed by atoms with Crippen LogP contribution in [0.5, 0.6) is 0 Å². The highest BCUT2D eigenvalue weighted by atomic mass is 16.4. The number of carboxylic acid groups (broad SMARTS) is 1. The van der Waals surface area contributed by atoms with Gasteiger partial charge in [-0.1, -0.05) is 25.5 Å². The zero-order chi connectivity index (χ0) is 18.7. The number of quaternary nitrogens is 1. The van der Waals surface area contributed by atoms with E-state index in [0.29, 0.717) is 39.1 Å². The van der Waals surface area contributed by atoms with Crippen LogP contribution in [0.15, 0.2) is 23.3 Å². The number of nitrogens with zero attached hydrogens (tertiary/aromatic N) is 2. The first-order chi connectivity index (χ1) is 11.7. The molecule has 0 spiro atoms. The van der Waals surface area contributed by atoms with Gasteiger partial charge in [-0.3, -0.25) is 9.28 Å². The summed E-state index contributed by atoms with van der Waals surface area (Å²) < 4.78 is -0.0508. The summed E-state index contributed by atoms with van der Waals surface area (Å²) in [5.41, 5.74) is 2.76. The Morgan fingerprint density at radius 3 is 2.56 bits per heavy atom. The molecule has 1 unspecified atom stereocenters.